The van der Waals surface area contributed by atoms with Gasteiger partial charge >= 0.3 is 0 Å². The van der Waals surface area contributed by atoms with Gasteiger partial charge in [0.1, 0.15) is 17.9 Å². The van der Waals surface area contributed by atoms with Crippen molar-refractivity contribution in [1.82, 2.24) is 24.9 Å². The van der Waals surface area contributed by atoms with Gasteiger partial charge in [-0.05, 0) is 44.4 Å². The number of nitrogens with one attached hydrogen (secondary N) is 1. The van der Waals surface area contributed by atoms with E-state index in [4.69, 9.17) is 4.74 Å². The zero-order valence-corrected chi connectivity index (χ0v) is 17.1. The minimum absolute atomic E-state index is 0.0268. The molecule has 3 heterocycles. The van der Waals surface area contributed by atoms with Gasteiger partial charge in [-0.15, -0.1) is 0 Å². The molecular formula is C21H26N6O2. The van der Waals surface area contributed by atoms with Crippen molar-refractivity contribution in [3.63, 3.8) is 0 Å². The fraction of sp³-hybridized carbons (Fsp3) is 0.429. The van der Waals surface area contributed by atoms with Crippen LogP contribution in [0.25, 0.3) is 5.78 Å². The minimum Gasteiger partial charge on any atom is -0.497 e. The number of carbonyl (C=O) groups excluding carboxylic acids is 1. The van der Waals surface area contributed by atoms with Crippen molar-refractivity contribution in [1.29, 1.82) is 0 Å². The van der Waals surface area contributed by atoms with Crippen LogP contribution in [-0.4, -0.2) is 45.7 Å². The van der Waals surface area contributed by atoms with E-state index in [1.807, 2.05) is 31.2 Å². The zero-order chi connectivity index (χ0) is 20.4. The molecular weight excluding hydrogens is 368 g/mol. The third-order valence-electron chi connectivity index (χ3n) is 5.67. The van der Waals surface area contributed by atoms with Crippen molar-refractivity contribution in [2.75, 3.05) is 25.1 Å². The van der Waals surface area contributed by atoms with Gasteiger partial charge in [-0.1, -0.05) is 12.1 Å². The molecule has 0 unspecified atom stereocenters. The highest BCUT2D eigenvalue weighted by atomic mass is 16.5. The first kappa shape index (κ1) is 19.2. The number of methoxy groups -OCH3 is 1. The molecule has 1 N–H and O–H groups in total. The number of anilines is 1. The lowest BCUT2D eigenvalue weighted by Crippen LogP contribution is -2.41. The van der Waals surface area contributed by atoms with Crippen LogP contribution in [0.5, 0.6) is 5.75 Å². The quantitative estimate of drug-likeness (QED) is 0.715. The lowest BCUT2D eigenvalue weighted by Gasteiger charge is -2.33. The summed E-state index contributed by atoms with van der Waals surface area (Å²) in [6, 6.07) is 7.76. The molecule has 1 aliphatic rings. The number of ether oxygens (including phenoxy) is 1. The van der Waals surface area contributed by atoms with Gasteiger partial charge < -0.3 is 15.0 Å². The predicted molar refractivity (Wildman–Crippen MR) is 110 cm³/mol. The summed E-state index contributed by atoms with van der Waals surface area (Å²) in [4.78, 5) is 23.6. The van der Waals surface area contributed by atoms with E-state index in [0.717, 1.165) is 54.3 Å². The number of benzene rings is 1. The van der Waals surface area contributed by atoms with Crippen molar-refractivity contribution in [2.45, 2.75) is 33.2 Å². The Hall–Kier alpha value is -3.16. The number of nitrogens with zero attached hydrogens (tertiary/aromatic N) is 5. The van der Waals surface area contributed by atoms with Gasteiger partial charge in [-0.25, -0.2) is 4.98 Å². The van der Waals surface area contributed by atoms with Crippen LogP contribution in [-0.2, 0) is 11.3 Å². The van der Waals surface area contributed by atoms with E-state index in [2.05, 4.69) is 32.2 Å². The van der Waals surface area contributed by atoms with Crippen LogP contribution < -0.4 is 15.0 Å². The number of hydrogen-bond acceptors (Lipinski definition) is 6. The van der Waals surface area contributed by atoms with Crippen LogP contribution in [0.2, 0.25) is 0 Å². The maximum atomic E-state index is 12.6. The monoisotopic (exact) mass is 394 g/mol. The Kier molecular flexibility index (Phi) is 5.33. The molecule has 0 aliphatic carbocycles. The largest absolute Gasteiger partial charge is 0.497 e. The summed E-state index contributed by atoms with van der Waals surface area (Å²) in [5.41, 5.74) is 3.12. The highest BCUT2D eigenvalue weighted by molar-refractivity contribution is 5.79. The highest BCUT2D eigenvalue weighted by Crippen LogP contribution is 2.27. The predicted octanol–water partition coefficient (Wildman–Crippen LogP) is 2.28. The van der Waals surface area contributed by atoms with Gasteiger partial charge in [-0.2, -0.15) is 14.6 Å². The van der Waals surface area contributed by atoms with Crippen molar-refractivity contribution >= 4 is 17.5 Å². The van der Waals surface area contributed by atoms with Gasteiger partial charge in [0.15, 0.2) is 0 Å². The van der Waals surface area contributed by atoms with Crippen LogP contribution in [0.3, 0.4) is 0 Å². The summed E-state index contributed by atoms with van der Waals surface area (Å²) < 4.78 is 6.97. The minimum atomic E-state index is 0.0268. The summed E-state index contributed by atoms with van der Waals surface area (Å²) in [5, 5.41) is 7.41. The van der Waals surface area contributed by atoms with Crippen LogP contribution in [0.4, 0.5) is 5.82 Å². The number of rotatable bonds is 5. The average Bonchev–Trinajstić information content (AvgIpc) is 3.21. The molecule has 2 aromatic heterocycles. The standard InChI is InChI=1S/C21H26N6O2/c1-14-15(2)25-21-23-13-24-27(21)20(14)26-10-8-17(9-11-26)19(28)22-12-16-4-6-18(29-3)7-5-16/h4-7,13,17H,8-12H2,1-3H3,(H,22,28). The molecule has 0 spiro atoms. The Balaban J connectivity index is 1.37. The summed E-state index contributed by atoms with van der Waals surface area (Å²) in [6.07, 6.45) is 3.15. The van der Waals surface area contributed by atoms with E-state index < -0.39 is 0 Å². The van der Waals surface area contributed by atoms with E-state index in [9.17, 15) is 4.79 Å². The molecule has 0 bridgehead atoms. The SMILES string of the molecule is COc1ccc(CNC(=O)C2CCN(c3c(C)c(C)nc4ncnn34)CC2)cc1. The second kappa shape index (κ2) is 8.06. The maximum absolute atomic E-state index is 12.6. The third kappa shape index (κ3) is 3.87. The smallest absolute Gasteiger partial charge is 0.254 e. The van der Waals surface area contributed by atoms with E-state index >= 15 is 0 Å². The highest BCUT2D eigenvalue weighted by Gasteiger charge is 2.27. The molecule has 1 fully saturated rings. The first-order chi connectivity index (χ1) is 14.1. The Morgan fingerprint density at radius 1 is 1.21 bits per heavy atom. The lowest BCUT2D eigenvalue weighted by atomic mass is 9.95. The van der Waals surface area contributed by atoms with Gasteiger partial charge in [0, 0.05) is 36.8 Å². The van der Waals surface area contributed by atoms with Crippen molar-refractivity contribution in [2.24, 2.45) is 5.92 Å². The van der Waals surface area contributed by atoms with E-state index in [0.29, 0.717) is 12.3 Å². The number of fused-ring (bicyclic) bond motifs is 1. The van der Waals surface area contributed by atoms with E-state index in [1.54, 1.807) is 11.6 Å². The maximum Gasteiger partial charge on any atom is 0.254 e. The van der Waals surface area contributed by atoms with Gasteiger partial charge in [0.2, 0.25) is 5.91 Å². The summed E-state index contributed by atoms with van der Waals surface area (Å²) in [5.74, 6) is 2.60. The molecule has 1 aliphatic heterocycles. The topological polar surface area (TPSA) is 84.6 Å². The molecule has 0 atom stereocenters. The summed E-state index contributed by atoms with van der Waals surface area (Å²) >= 11 is 0. The number of aryl methyl sites for hydroxylation is 1. The zero-order valence-electron chi connectivity index (χ0n) is 17.1. The number of carbonyl (C=O) groups is 1. The second-order valence-electron chi connectivity index (χ2n) is 7.44. The molecule has 1 amide bonds. The Labute approximate surface area is 169 Å². The third-order valence-corrected chi connectivity index (χ3v) is 5.67. The van der Waals surface area contributed by atoms with Crippen LogP contribution in [0.1, 0.15) is 29.7 Å². The number of hydrogen-bond donors (Lipinski definition) is 1. The van der Waals surface area contributed by atoms with Gasteiger partial charge in [-0.3, -0.25) is 4.79 Å². The Morgan fingerprint density at radius 2 is 1.93 bits per heavy atom. The first-order valence-electron chi connectivity index (χ1n) is 9.89. The van der Waals surface area contributed by atoms with Crippen molar-refractivity contribution in [3.05, 3.63) is 47.4 Å². The van der Waals surface area contributed by atoms with Crippen molar-refractivity contribution < 1.29 is 9.53 Å². The van der Waals surface area contributed by atoms with E-state index in [1.165, 1.54) is 6.33 Å². The molecule has 1 aromatic carbocycles. The molecule has 3 aromatic rings. The molecule has 0 radical (unpaired) electrons. The molecule has 29 heavy (non-hydrogen) atoms. The molecule has 8 nitrogen and oxygen atoms in total. The Bertz CT molecular complexity index is 1010. The molecule has 4 rings (SSSR count). The summed E-state index contributed by atoms with van der Waals surface area (Å²) in [6.45, 7) is 6.20. The number of piperidine rings is 1. The average molecular weight is 394 g/mol. The lowest BCUT2D eigenvalue weighted by molar-refractivity contribution is -0.125. The fourth-order valence-electron chi connectivity index (χ4n) is 3.82. The molecule has 8 heteroatoms. The Morgan fingerprint density at radius 3 is 2.62 bits per heavy atom. The normalized spacial score (nSPS) is 14.9. The van der Waals surface area contributed by atoms with Crippen molar-refractivity contribution in [3.8, 4) is 5.75 Å². The first-order valence-corrected chi connectivity index (χ1v) is 9.89. The second-order valence-corrected chi connectivity index (χ2v) is 7.44. The van der Waals surface area contributed by atoms with Crippen LogP contribution >= 0.6 is 0 Å². The molecule has 0 saturated carbocycles. The molecule has 152 valence electrons. The van der Waals surface area contributed by atoms with Gasteiger partial charge in [0.25, 0.3) is 5.78 Å². The number of amides is 1. The van der Waals surface area contributed by atoms with Crippen LogP contribution in [0.15, 0.2) is 30.6 Å². The fourth-order valence-corrected chi connectivity index (χ4v) is 3.82. The molecule has 1 saturated heterocycles. The van der Waals surface area contributed by atoms with E-state index in [-0.39, 0.29) is 11.8 Å². The number of aromatic nitrogens is 4. The summed E-state index contributed by atoms with van der Waals surface area (Å²) in [7, 11) is 1.64. The van der Waals surface area contributed by atoms with Crippen LogP contribution in [0, 0.1) is 19.8 Å². The van der Waals surface area contributed by atoms with Gasteiger partial charge in [0.05, 0.1) is 7.11 Å².